The monoisotopic (exact) mass is 270 g/mol. The van der Waals surface area contributed by atoms with E-state index in [0.717, 1.165) is 18.0 Å². The van der Waals surface area contributed by atoms with Crippen molar-refractivity contribution in [3.63, 3.8) is 0 Å². The molecular weight excluding hydrogens is 248 g/mol. The zero-order valence-corrected chi connectivity index (χ0v) is 12.0. The van der Waals surface area contributed by atoms with Crippen LogP contribution in [0.4, 0.5) is 0 Å². The molecule has 1 saturated carbocycles. The number of carbonyl (C=O) groups is 1. The van der Waals surface area contributed by atoms with Gasteiger partial charge in [0.15, 0.2) is 0 Å². The molecule has 3 heteroatoms. The van der Waals surface area contributed by atoms with Gasteiger partial charge in [-0.25, -0.2) is 0 Å². The van der Waals surface area contributed by atoms with E-state index in [1.807, 2.05) is 30.3 Å². The second-order valence-electron chi connectivity index (χ2n) is 5.90. The van der Waals surface area contributed by atoms with Gasteiger partial charge >= 0.3 is 0 Å². The number of rotatable bonds is 5. The van der Waals surface area contributed by atoms with Gasteiger partial charge in [-0.3, -0.25) is 4.79 Å². The molecule has 1 aliphatic rings. The predicted octanol–water partition coefficient (Wildman–Crippen LogP) is 2.92. The molecule has 0 radical (unpaired) electrons. The maximum absolute atomic E-state index is 12.1. The van der Waals surface area contributed by atoms with Crippen molar-refractivity contribution in [2.75, 3.05) is 6.54 Å². The van der Waals surface area contributed by atoms with Gasteiger partial charge in [0.25, 0.3) is 0 Å². The summed E-state index contributed by atoms with van der Waals surface area (Å²) < 4.78 is 0. The van der Waals surface area contributed by atoms with E-state index in [1.54, 1.807) is 0 Å². The Morgan fingerprint density at radius 2 is 2.15 bits per heavy atom. The molecule has 1 fully saturated rings. The lowest BCUT2D eigenvalue weighted by atomic mass is 9.99. The summed E-state index contributed by atoms with van der Waals surface area (Å²) in [5.41, 5.74) is 1.03. The summed E-state index contributed by atoms with van der Waals surface area (Å²) >= 11 is 0. The highest BCUT2D eigenvalue weighted by Crippen LogP contribution is 2.29. The van der Waals surface area contributed by atoms with Crippen molar-refractivity contribution in [1.29, 1.82) is 5.26 Å². The molecule has 0 spiro atoms. The second-order valence-corrected chi connectivity index (χ2v) is 5.90. The first kappa shape index (κ1) is 14.6. The molecule has 3 atom stereocenters. The summed E-state index contributed by atoms with van der Waals surface area (Å²) in [5.74, 6) is 0.644. The van der Waals surface area contributed by atoms with Crippen molar-refractivity contribution < 1.29 is 4.79 Å². The molecule has 0 aromatic heterocycles. The van der Waals surface area contributed by atoms with Crippen LogP contribution < -0.4 is 5.32 Å². The Morgan fingerprint density at radius 1 is 1.40 bits per heavy atom. The Hall–Kier alpha value is -1.82. The van der Waals surface area contributed by atoms with Crippen LogP contribution in [0.25, 0.3) is 0 Å². The quantitative estimate of drug-likeness (QED) is 0.894. The van der Waals surface area contributed by atoms with Gasteiger partial charge in [0.1, 0.15) is 5.92 Å². The summed E-state index contributed by atoms with van der Waals surface area (Å²) in [6.07, 6.45) is 4.13. The highest BCUT2D eigenvalue weighted by atomic mass is 16.1. The molecule has 3 unspecified atom stereocenters. The van der Waals surface area contributed by atoms with Crippen molar-refractivity contribution >= 4 is 5.91 Å². The minimum atomic E-state index is -0.587. The van der Waals surface area contributed by atoms with Gasteiger partial charge in [-0.05, 0) is 36.7 Å². The lowest BCUT2D eigenvalue weighted by Gasteiger charge is -2.14. The van der Waals surface area contributed by atoms with Crippen LogP contribution in [0.5, 0.6) is 0 Å². The third-order valence-corrected chi connectivity index (χ3v) is 4.12. The highest BCUT2D eigenvalue weighted by molar-refractivity contribution is 5.81. The van der Waals surface area contributed by atoms with Crippen molar-refractivity contribution in [2.45, 2.75) is 32.6 Å². The molecule has 1 amide bonds. The van der Waals surface area contributed by atoms with E-state index in [2.05, 4.69) is 18.3 Å². The van der Waals surface area contributed by atoms with Crippen molar-refractivity contribution in [1.82, 2.24) is 5.32 Å². The second kappa shape index (κ2) is 7.09. The average molecular weight is 270 g/mol. The number of hydrogen-bond donors (Lipinski definition) is 1. The summed E-state index contributed by atoms with van der Waals surface area (Å²) in [5, 5.41) is 12.1. The lowest BCUT2D eigenvalue weighted by Crippen LogP contribution is -2.34. The van der Waals surface area contributed by atoms with Crippen molar-refractivity contribution in [3.05, 3.63) is 35.9 Å². The minimum Gasteiger partial charge on any atom is -0.355 e. The molecule has 106 valence electrons. The van der Waals surface area contributed by atoms with E-state index in [1.165, 1.54) is 19.3 Å². The predicted molar refractivity (Wildman–Crippen MR) is 78.8 cm³/mol. The fourth-order valence-corrected chi connectivity index (χ4v) is 2.93. The molecule has 0 bridgehead atoms. The number of carbonyl (C=O) groups excluding carboxylic acids is 1. The molecule has 2 rings (SSSR count). The normalized spacial score (nSPS) is 23.0. The molecular formula is C17H22N2O. The largest absolute Gasteiger partial charge is 0.355 e. The number of nitrogens with one attached hydrogen (secondary N) is 1. The number of nitriles is 1. The van der Waals surface area contributed by atoms with Crippen LogP contribution in [0.15, 0.2) is 30.3 Å². The van der Waals surface area contributed by atoms with Gasteiger partial charge in [-0.2, -0.15) is 5.26 Å². The molecule has 1 aliphatic carbocycles. The third kappa shape index (κ3) is 4.09. The first-order chi connectivity index (χ1) is 9.69. The highest BCUT2D eigenvalue weighted by Gasteiger charge is 2.23. The molecule has 3 nitrogen and oxygen atoms in total. The minimum absolute atomic E-state index is 0.129. The first-order valence-electron chi connectivity index (χ1n) is 7.40. The molecule has 0 heterocycles. The zero-order chi connectivity index (χ0) is 14.4. The van der Waals surface area contributed by atoms with E-state index < -0.39 is 5.92 Å². The van der Waals surface area contributed by atoms with Crippen molar-refractivity contribution in [3.8, 4) is 6.07 Å². The molecule has 0 saturated heterocycles. The first-order valence-corrected chi connectivity index (χ1v) is 7.40. The van der Waals surface area contributed by atoms with Crippen LogP contribution in [0.3, 0.4) is 0 Å². The summed E-state index contributed by atoms with van der Waals surface area (Å²) in [4.78, 5) is 12.1. The number of amides is 1. The van der Waals surface area contributed by atoms with Crippen LogP contribution >= 0.6 is 0 Å². The molecule has 1 aromatic rings. The Balaban J connectivity index is 1.82. The van der Waals surface area contributed by atoms with Gasteiger partial charge in [0, 0.05) is 6.54 Å². The fourth-order valence-electron chi connectivity index (χ4n) is 2.93. The maximum atomic E-state index is 12.1. The van der Waals surface area contributed by atoms with E-state index >= 15 is 0 Å². The summed E-state index contributed by atoms with van der Waals surface area (Å²) in [6.45, 7) is 2.98. The third-order valence-electron chi connectivity index (χ3n) is 4.12. The van der Waals surface area contributed by atoms with Gasteiger partial charge in [0.2, 0.25) is 5.91 Å². The summed E-state index contributed by atoms with van der Waals surface area (Å²) in [7, 11) is 0. The van der Waals surface area contributed by atoms with Crippen LogP contribution in [0.2, 0.25) is 0 Å². The van der Waals surface area contributed by atoms with Gasteiger partial charge in [-0.15, -0.1) is 0 Å². The number of hydrogen-bond acceptors (Lipinski definition) is 2. The fraction of sp³-hybridized carbons (Fsp3) is 0.529. The zero-order valence-electron chi connectivity index (χ0n) is 12.0. The van der Waals surface area contributed by atoms with Crippen LogP contribution in [-0.2, 0) is 11.2 Å². The van der Waals surface area contributed by atoms with Crippen LogP contribution in [0, 0.1) is 29.1 Å². The SMILES string of the molecule is CC1CCC(CNC(=O)C(C#N)Cc2ccccc2)C1. The van der Waals surface area contributed by atoms with E-state index in [4.69, 9.17) is 0 Å². The topological polar surface area (TPSA) is 52.9 Å². The standard InChI is InChI=1S/C17H22N2O/c1-13-7-8-15(9-13)12-19-17(20)16(11-18)10-14-5-3-2-4-6-14/h2-6,13,15-16H,7-10,12H2,1H3,(H,19,20). The molecule has 0 aliphatic heterocycles. The Bertz CT molecular complexity index is 478. The van der Waals surface area contributed by atoms with Gasteiger partial charge in [-0.1, -0.05) is 43.7 Å². The molecule has 1 N–H and O–H groups in total. The Kier molecular flexibility index (Phi) is 5.17. The smallest absolute Gasteiger partial charge is 0.237 e. The lowest BCUT2D eigenvalue weighted by molar-refractivity contribution is -0.123. The average Bonchev–Trinajstić information content (AvgIpc) is 2.89. The van der Waals surface area contributed by atoms with E-state index in [9.17, 15) is 10.1 Å². The van der Waals surface area contributed by atoms with E-state index in [-0.39, 0.29) is 5.91 Å². The Morgan fingerprint density at radius 3 is 2.75 bits per heavy atom. The van der Waals surface area contributed by atoms with Crippen LogP contribution in [-0.4, -0.2) is 12.5 Å². The Labute approximate surface area is 121 Å². The van der Waals surface area contributed by atoms with E-state index in [0.29, 0.717) is 12.3 Å². The number of benzene rings is 1. The number of nitrogens with zero attached hydrogens (tertiary/aromatic N) is 1. The van der Waals surface area contributed by atoms with Crippen molar-refractivity contribution in [2.24, 2.45) is 17.8 Å². The summed E-state index contributed by atoms with van der Waals surface area (Å²) in [6, 6.07) is 11.8. The maximum Gasteiger partial charge on any atom is 0.237 e. The molecule has 1 aromatic carbocycles. The molecule has 20 heavy (non-hydrogen) atoms. The van der Waals surface area contributed by atoms with Gasteiger partial charge in [0.05, 0.1) is 6.07 Å². The van der Waals surface area contributed by atoms with Gasteiger partial charge < -0.3 is 5.32 Å². The van der Waals surface area contributed by atoms with Crippen LogP contribution in [0.1, 0.15) is 31.7 Å².